The number of carbonyl (C=O) groups excluding carboxylic acids is 1. The highest BCUT2D eigenvalue weighted by Crippen LogP contribution is 2.38. The molecule has 4 rings (SSSR count). The van der Waals surface area contributed by atoms with Gasteiger partial charge in [0.2, 0.25) is 5.89 Å². The Morgan fingerprint density at radius 3 is 3.00 bits per heavy atom. The zero-order valence-corrected chi connectivity index (χ0v) is 13.8. The molecule has 8 heteroatoms. The van der Waals surface area contributed by atoms with Crippen molar-refractivity contribution < 1.29 is 13.7 Å². The first-order valence-corrected chi connectivity index (χ1v) is 8.22. The zero-order chi connectivity index (χ0) is 17.4. The molecule has 1 N–H and O–H groups in total. The maximum Gasteiger partial charge on any atom is 0.272 e. The van der Waals surface area contributed by atoms with Gasteiger partial charge in [-0.05, 0) is 43.2 Å². The molecule has 0 atom stereocenters. The fourth-order valence-corrected chi connectivity index (χ4v) is 2.67. The van der Waals surface area contributed by atoms with Gasteiger partial charge >= 0.3 is 0 Å². The van der Waals surface area contributed by atoms with Crippen molar-refractivity contribution in [1.82, 2.24) is 14.7 Å². The molecule has 1 amide bonds. The third-order valence-electron chi connectivity index (χ3n) is 3.96. The van der Waals surface area contributed by atoms with E-state index in [1.54, 1.807) is 22.9 Å². The Hall–Kier alpha value is -2.67. The van der Waals surface area contributed by atoms with E-state index in [9.17, 15) is 9.18 Å². The topological polar surface area (TPSA) is 73.0 Å². The number of amides is 1. The Balaban J connectivity index is 1.50. The van der Waals surface area contributed by atoms with Crippen LogP contribution in [0.25, 0.3) is 0 Å². The van der Waals surface area contributed by atoms with Crippen molar-refractivity contribution in [2.75, 3.05) is 5.32 Å². The number of benzene rings is 1. The average Bonchev–Trinajstić information content (AvgIpc) is 3.15. The number of halogens is 2. The van der Waals surface area contributed by atoms with Gasteiger partial charge in [0.05, 0.1) is 12.2 Å². The molecule has 6 nitrogen and oxygen atoms in total. The molecular formula is C17H14ClFN4O2. The fourth-order valence-electron chi connectivity index (χ4n) is 2.52. The molecule has 1 fully saturated rings. The van der Waals surface area contributed by atoms with Crippen LogP contribution in [0.15, 0.2) is 41.1 Å². The van der Waals surface area contributed by atoms with E-state index < -0.39 is 11.7 Å². The predicted molar refractivity (Wildman–Crippen MR) is 89.2 cm³/mol. The van der Waals surface area contributed by atoms with Crippen molar-refractivity contribution >= 4 is 23.2 Å². The molecule has 128 valence electrons. The third-order valence-corrected chi connectivity index (χ3v) is 4.20. The average molecular weight is 361 g/mol. The van der Waals surface area contributed by atoms with Gasteiger partial charge in [-0.25, -0.2) is 4.39 Å². The number of carbonyl (C=O) groups is 1. The highest BCUT2D eigenvalue weighted by molar-refractivity contribution is 6.30. The van der Waals surface area contributed by atoms with Crippen LogP contribution in [-0.2, 0) is 6.54 Å². The summed E-state index contributed by atoms with van der Waals surface area (Å²) >= 11 is 5.72. The van der Waals surface area contributed by atoms with E-state index in [4.69, 9.17) is 16.1 Å². The molecule has 1 aliphatic carbocycles. The smallest absolute Gasteiger partial charge is 0.272 e. The van der Waals surface area contributed by atoms with Crippen molar-refractivity contribution in [2.45, 2.75) is 25.3 Å². The first kappa shape index (κ1) is 15.8. The number of hydrogen-bond acceptors (Lipinski definition) is 4. The molecule has 1 saturated carbocycles. The minimum Gasteiger partial charge on any atom is -0.339 e. The van der Waals surface area contributed by atoms with Gasteiger partial charge in [0.1, 0.15) is 11.5 Å². The second-order valence-electron chi connectivity index (χ2n) is 5.92. The van der Waals surface area contributed by atoms with Gasteiger partial charge in [0.25, 0.3) is 5.91 Å². The van der Waals surface area contributed by atoms with Crippen LogP contribution in [-0.4, -0.2) is 20.6 Å². The van der Waals surface area contributed by atoms with Crippen molar-refractivity contribution in [1.29, 1.82) is 0 Å². The highest BCUT2D eigenvalue weighted by Gasteiger charge is 2.29. The van der Waals surface area contributed by atoms with E-state index in [1.807, 2.05) is 0 Å². The summed E-state index contributed by atoms with van der Waals surface area (Å²) in [5, 5.41) is 6.76. The number of nitrogens with zero attached hydrogens (tertiary/aromatic N) is 3. The van der Waals surface area contributed by atoms with Gasteiger partial charge in [-0.3, -0.25) is 4.79 Å². The summed E-state index contributed by atoms with van der Waals surface area (Å²) in [5.41, 5.74) is 0.435. The molecular weight excluding hydrogens is 347 g/mol. The van der Waals surface area contributed by atoms with Gasteiger partial charge in [0, 0.05) is 17.1 Å². The summed E-state index contributed by atoms with van der Waals surface area (Å²) in [7, 11) is 0. The van der Waals surface area contributed by atoms with Crippen LogP contribution in [0.4, 0.5) is 10.1 Å². The zero-order valence-electron chi connectivity index (χ0n) is 13.1. The van der Waals surface area contributed by atoms with Crippen molar-refractivity contribution in [3.8, 4) is 0 Å². The maximum atomic E-state index is 13.8. The summed E-state index contributed by atoms with van der Waals surface area (Å²) in [6, 6.07) is 7.46. The molecule has 0 bridgehead atoms. The SMILES string of the molecule is O=C(Nc1ccc(Cl)cc1F)c1cccn1Cc1noc(C2CC2)n1. The van der Waals surface area contributed by atoms with Gasteiger partial charge < -0.3 is 14.4 Å². The summed E-state index contributed by atoms with van der Waals surface area (Å²) in [5.74, 6) is 0.506. The Morgan fingerprint density at radius 1 is 1.40 bits per heavy atom. The van der Waals surface area contributed by atoms with Crippen molar-refractivity contribution in [2.24, 2.45) is 0 Å². The monoisotopic (exact) mass is 360 g/mol. The van der Waals surface area contributed by atoms with Crippen molar-refractivity contribution in [3.05, 3.63) is 64.8 Å². The lowest BCUT2D eigenvalue weighted by Gasteiger charge is -2.09. The van der Waals surface area contributed by atoms with Crippen molar-refractivity contribution in [3.63, 3.8) is 0 Å². The summed E-state index contributed by atoms with van der Waals surface area (Å²) < 4.78 is 20.8. The number of hydrogen-bond donors (Lipinski definition) is 1. The van der Waals surface area contributed by atoms with E-state index >= 15 is 0 Å². The van der Waals surface area contributed by atoms with Crippen LogP contribution in [0.3, 0.4) is 0 Å². The Morgan fingerprint density at radius 2 is 2.24 bits per heavy atom. The first-order valence-electron chi connectivity index (χ1n) is 7.84. The lowest BCUT2D eigenvalue weighted by molar-refractivity contribution is 0.101. The van der Waals surface area contributed by atoms with Crippen LogP contribution in [0.5, 0.6) is 0 Å². The molecule has 1 aromatic carbocycles. The Bertz CT molecular complexity index is 932. The number of rotatable bonds is 5. The normalized spacial score (nSPS) is 13.8. The molecule has 25 heavy (non-hydrogen) atoms. The van der Waals surface area contributed by atoms with Crippen LogP contribution < -0.4 is 5.32 Å². The quantitative estimate of drug-likeness (QED) is 0.750. The minimum atomic E-state index is -0.591. The van der Waals surface area contributed by atoms with Crippen LogP contribution in [0.2, 0.25) is 5.02 Å². The summed E-state index contributed by atoms with van der Waals surface area (Å²) in [6.45, 7) is 0.301. The molecule has 1 aliphatic rings. The van der Waals surface area contributed by atoms with E-state index in [0.717, 1.165) is 18.9 Å². The molecule has 3 aromatic rings. The predicted octanol–water partition coefficient (Wildman–Crippen LogP) is 3.84. The standard InChI is InChI=1S/C17H14ClFN4O2/c18-11-5-6-13(12(19)8-11)20-16(24)14-2-1-7-23(14)9-15-21-17(25-22-15)10-3-4-10/h1-2,5-8,10H,3-4,9H2,(H,20,24). The second kappa shape index (κ2) is 6.33. The van der Waals surface area contributed by atoms with Gasteiger partial charge in [-0.2, -0.15) is 4.98 Å². The van der Waals surface area contributed by atoms with Gasteiger partial charge in [0.15, 0.2) is 5.82 Å². The Kier molecular flexibility index (Phi) is 4.01. The number of nitrogens with one attached hydrogen (secondary N) is 1. The summed E-state index contributed by atoms with van der Waals surface area (Å²) in [4.78, 5) is 16.8. The van der Waals surface area contributed by atoms with Crippen LogP contribution >= 0.6 is 11.6 Å². The maximum absolute atomic E-state index is 13.8. The first-order chi connectivity index (χ1) is 12.1. The molecule has 0 unspecified atom stereocenters. The van der Waals surface area contributed by atoms with E-state index in [1.165, 1.54) is 12.1 Å². The van der Waals surface area contributed by atoms with Crippen LogP contribution in [0, 0.1) is 5.82 Å². The Labute approximate surface area is 147 Å². The molecule has 0 spiro atoms. The number of anilines is 1. The van der Waals surface area contributed by atoms with E-state index in [2.05, 4.69) is 15.5 Å². The second-order valence-corrected chi connectivity index (χ2v) is 6.36. The molecule has 0 aliphatic heterocycles. The molecule has 0 saturated heterocycles. The third kappa shape index (κ3) is 3.41. The van der Waals surface area contributed by atoms with E-state index in [0.29, 0.717) is 29.9 Å². The largest absolute Gasteiger partial charge is 0.339 e. The molecule has 0 radical (unpaired) electrons. The highest BCUT2D eigenvalue weighted by atomic mass is 35.5. The summed E-state index contributed by atoms with van der Waals surface area (Å²) in [6.07, 6.45) is 3.89. The van der Waals surface area contributed by atoms with Crippen LogP contribution in [0.1, 0.15) is 41.0 Å². The van der Waals surface area contributed by atoms with E-state index in [-0.39, 0.29) is 10.7 Å². The lowest BCUT2D eigenvalue weighted by Crippen LogP contribution is -2.18. The van der Waals surface area contributed by atoms with Gasteiger partial charge in [-0.15, -0.1) is 0 Å². The fraction of sp³-hybridized carbons (Fsp3) is 0.235. The molecule has 2 heterocycles. The number of aromatic nitrogens is 3. The minimum absolute atomic E-state index is 0.0673. The molecule has 2 aromatic heterocycles. The lowest BCUT2D eigenvalue weighted by atomic mass is 10.3. The van der Waals surface area contributed by atoms with Gasteiger partial charge in [-0.1, -0.05) is 16.8 Å².